The van der Waals surface area contributed by atoms with Gasteiger partial charge in [0.15, 0.2) is 0 Å². The third-order valence-corrected chi connectivity index (χ3v) is 3.20. The zero-order chi connectivity index (χ0) is 11.6. The molecule has 0 aromatic heterocycles. The second-order valence-corrected chi connectivity index (χ2v) is 4.48. The van der Waals surface area contributed by atoms with Crippen molar-refractivity contribution in [3.05, 3.63) is 0 Å². The summed E-state index contributed by atoms with van der Waals surface area (Å²) in [6.45, 7) is 7.20. The molecule has 1 fully saturated rings. The molecular weight excluding hydrogens is 204 g/mol. The van der Waals surface area contributed by atoms with Crippen molar-refractivity contribution in [3.8, 4) is 0 Å². The van der Waals surface area contributed by atoms with Gasteiger partial charge >= 0.3 is 0 Å². The van der Waals surface area contributed by atoms with Gasteiger partial charge in [-0.05, 0) is 31.8 Å². The lowest BCUT2D eigenvalue weighted by Crippen LogP contribution is -2.39. The molecule has 0 spiro atoms. The van der Waals surface area contributed by atoms with E-state index in [2.05, 4.69) is 10.2 Å². The summed E-state index contributed by atoms with van der Waals surface area (Å²) in [4.78, 5) is 2.46. The molecule has 96 valence electrons. The summed E-state index contributed by atoms with van der Waals surface area (Å²) in [6, 6.07) is 0. The van der Waals surface area contributed by atoms with Crippen LogP contribution in [-0.2, 0) is 9.47 Å². The van der Waals surface area contributed by atoms with Crippen molar-refractivity contribution in [2.45, 2.75) is 12.8 Å². The Morgan fingerprint density at radius 2 is 1.62 bits per heavy atom. The van der Waals surface area contributed by atoms with E-state index in [1.54, 1.807) is 14.2 Å². The topological polar surface area (TPSA) is 33.7 Å². The summed E-state index contributed by atoms with van der Waals surface area (Å²) in [7, 11) is 3.53. The lowest BCUT2D eigenvalue weighted by Gasteiger charge is -2.29. The first-order chi connectivity index (χ1) is 7.86. The summed E-state index contributed by atoms with van der Waals surface area (Å²) in [5.74, 6) is 0.843. The fourth-order valence-corrected chi connectivity index (χ4v) is 2.16. The highest BCUT2D eigenvalue weighted by Crippen LogP contribution is 2.13. The Hall–Kier alpha value is -0.160. The van der Waals surface area contributed by atoms with Crippen molar-refractivity contribution in [2.24, 2.45) is 5.92 Å². The maximum atomic E-state index is 5.15. The zero-order valence-corrected chi connectivity index (χ0v) is 10.7. The van der Waals surface area contributed by atoms with Crippen molar-refractivity contribution in [1.29, 1.82) is 0 Å². The second-order valence-electron chi connectivity index (χ2n) is 4.48. The number of ether oxygens (including phenoxy) is 2. The van der Waals surface area contributed by atoms with Crippen LogP contribution < -0.4 is 5.32 Å². The fraction of sp³-hybridized carbons (Fsp3) is 1.00. The molecule has 0 aliphatic carbocycles. The summed E-state index contributed by atoms with van der Waals surface area (Å²) in [5, 5.41) is 3.41. The van der Waals surface area contributed by atoms with Crippen LogP contribution in [0.4, 0.5) is 0 Å². The first-order valence-electron chi connectivity index (χ1n) is 6.27. The Morgan fingerprint density at radius 3 is 2.12 bits per heavy atom. The summed E-state index contributed by atoms with van der Waals surface area (Å²) in [6.07, 6.45) is 2.60. The molecule has 1 heterocycles. The van der Waals surface area contributed by atoms with E-state index >= 15 is 0 Å². The minimum Gasteiger partial charge on any atom is -0.383 e. The van der Waals surface area contributed by atoms with Crippen molar-refractivity contribution in [1.82, 2.24) is 10.2 Å². The van der Waals surface area contributed by atoms with Crippen LogP contribution in [0.3, 0.4) is 0 Å². The monoisotopic (exact) mass is 230 g/mol. The molecule has 0 aromatic rings. The molecule has 0 aromatic carbocycles. The predicted molar refractivity (Wildman–Crippen MR) is 65.8 cm³/mol. The van der Waals surface area contributed by atoms with Gasteiger partial charge < -0.3 is 14.8 Å². The van der Waals surface area contributed by atoms with Gasteiger partial charge in [-0.1, -0.05) is 0 Å². The fourth-order valence-electron chi connectivity index (χ4n) is 2.16. The van der Waals surface area contributed by atoms with Crippen LogP contribution in [0.25, 0.3) is 0 Å². The smallest absolute Gasteiger partial charge is 0.0589 e. The van der Waals surface area contributed by atoms with Gasteiger partial charge in [-0.3, -0.25) is 4.90 Å². The van der Waals surface area contributed by atoms with E-state index in [1.807, 2.05) is 0 Å². The molecule has 0 saturated carbocycles. The number of hydrogen-bond acceptors (Lipinski definition) is 4. The van der Waals surface area contributed by atoms with Crippen molar-refractivity contribution in [3.63, 3.8) is 0 Å². The lowest BCUT2D eigenvalue weighted by atomic mass is 9.97. The largest absolute Gasteiger partial charge is 0.383 e. The van der Waals surface area contributed by atoms with E-state index in [9.17, 15) is 0 Å². The molecular formula is C12H26N2O2. The van der Waals surface area contributed by atoms with Gasteiger partial charge in [0.1, 0.15) is 0 Å². The van der Waals surface area contributed by atoms with Crippen LogP contribution >= 0.6 is 0 Å². The summed E-state index contributed by atoms with van der Waals surface area (Å²) in [5.41, 5.74) is 0. The number of nitrogens with zero attached hydrogens (tertiary/aromatic N) is 1. The molecule has 0 bridgehead atoms. The van der Waals surface area contributed by atoms with Gasteiger partial charge in [0, 0.05) is 33.9 Å². The molecule has 1 rings (SSSR count). The number of rotatable bonds is 8. The SMILES string of the molecule is COCCN(CCOC)CC1CCNCC1. The van der Waals surface area contributed by atoms with Gasteiger partial charge in [-0.15, -0.1) is 0 Å². The highest BCUT2D eigenvalue weighted by molar-refractivity contribution is 4.72. The van der Waals surface area contributed by atoms with Crippen LogP contribution in [-0.4, -0.2) is 65.1 Å². The minimum absolute atomic E-state index is 0.814. The Balaban J connectivity index is 2.23. The second kappa shape index (κ2) is 8.93. The lowest BCUT2D eigenvalue weighted by molar-refractivity contribution is 0.0993. The Bertz CT molecular complexity index is 153. The quantitative estimate of drug-likeness (QED) is 0.661. The predicted octanol–water partition coefficient (Wildman–Crippen LogP) is 0.581. The van der Waals surface area contributed by atoms with Crippen molar-refractivity contribution >= 4 is 0 Å². The summed E-state index contributed by atoms with van der Waals surface area (Å²) >= 11 is 0. The molecule has 0 radical (unpaired) electrons. The highest BCUT2D eigenvalue weighted by atomic mass is 16.5. The van der Waals surface area contributed by atoms with E-state index in [4.69, 9.17) is 9.47 Å². The van der Waals surface area contributed by atoms with Gasteiger partial charge in [-0.2, -0.15) is 0 Å². The number of nitrogens with one attached hydrogen (secondary N) is 1. The molecule has 1 saturated heterocycles. The van der Waals surface area contributed by atoms with Gasteiger partial charge in [0.2, 0.25) is 0 Å². The first-order valence-corrected chi connectivity index (χ1v) is 6.27. The molecule has 1 aliphatic heterocycles. The van der Waals surface area contributed by atoms with Crippen LogP contribution in [0, 0.1) is 5.92 Å². The molecule has 4 heteroatoms. The number of piperidine rings is 1. The molecule has 0 atom stereocenters. The van der Waals surface area contributed by atoms with Crippen LogP contribution in [0.5, 0.6) is 0 Å². The van der Waals surface area contributed by atoms with Crippen LogP contribution in [0.2, 0.25) is 0 Å². The van der Waals surface area contributed by atoms with Gasteiger partial charge in [-0.25, -0.2) is 0 Å². The third-order valence-electron chi connectivity index (χ3n) is 3.20. The standard InChI is InChI=1S/C12H26N2O2/c1-15-9-7-14(8-10-16-2)11-12-3-5-13-6-4-12/h12-13H,3-11H2,1-2H3. The average Bonchev–Trinajstić information content (AvgIpc) is 2.34. The van der Waals surface area contributed by atoms with E-state index in [-0.39, 0.29) is 0 Å². The molecule has 0 unspecified atom stereocenters. The first kappa shape index (κ1) is 13.9. The Morgan fingerprint density at radius 1 is 1.06 bits per heavy atom. The molecule has 4 nitrogen and oxygen atoms in total. The average molecular weight is 230 g/mol. The number of methoxy groups -OCH3 is 2. The molecule has 1 N–H and O–H groups in total. The van der Waals surface area contributed by atoms with E-state index < -0.39 is 0 Å². The maximum Gasteiger partial charge on any atom is 0.0589 e. The minimum atomic E-state index is 0.814. The molecule has 1 aliphatic rings. The molecule has 16 heavy (non-hydrogen) atoms. The Kier molecular flexibility index (Phi) is 7.76. The van der Waals surface area contributed by atoms with Crippen LogP contribution in [0.15, 0.2) is 0 Å². The third kappa shape index (κ3) is 5.80. The zero-order valence-electron chi connectivity index (χ0n) is 10.7. The van der Waals surface area contributed by atoms with Crippen LogP contribution in [0.1, 0.15) is 12.8 Å². The van der Waals surface area contributed by atoms with Crippen molar-refractivity contribution in [2.75, 3.05) is 60.2 Å². The normalized spacial score (nSPS) is 18.2. The molecule has 0 amide bonds. The Labute approximate surface area is 99.3 Å². The number of hydrogen-bond donors (Lipinski definition) is 1. The van der Waals surface area contributed by atoms with E-state index in [1.165, 1.54) is 32.5 Å². The van der Waals surface area contributed by atoms with Gasteiger partial charge in [0.05, 0.1) is 13.2 Å². The highest BCUT2D eigenvalue weighted by Gasteiger charge is 2.16. The van der Waals surface area contributed by atoms with E-state index in [0.717, 1.165) is 32.2 Å². The summed E-state index contributed by atoms with van der Waals surface area (Å²) < 4.78 is 10.3. The van der Waals surface area contributed by atoms with E-state index in [0.29, 0.717) is 0 Å². The maximum absolute atomic E-state index is 5.15. The van der Waals surface area contributed by atoms with Crippen molar-refractivity contribution < 1.29 is 9.47 Å². The van der Waals surface area contributed by atoms with Gasteiger partial charge in [0.25, 0.3) is 0 Å².